The quantitative estimate of drug-likeness (QED) is 0.838. The number of fused-ring (bicyclic) bond motifs is 2. The first-order valence-corrected chi connectivity index (χ1v) is 8.41. The predicted molar refractivity (Wildman–Crippen MR) is 77.7 cm³/mol. The van der Waals surface area contributed by atoms with Crippen LogP contribution in [0.5, 0.6) is 0 Å². The average Bonchev–Trinajstić information content (AvgIpc) is 3.17. The minimum atomic E-state index is -4.51. The van der Waals surface area contributed by atoms with Gasteiger partial charge in [-0.1, -0.05) is 12.8 Å². The Kier molecular flexibility index (Phi) is 3.59. The molecule has 1 aromatic rings. The number of alkyl halides is 3. The zero-order valence-corrected chi connectivity index (χ0v) is 13.3. The third kappa shape index (κ3) is 2.32. The second-order valence-corrected chi connectivity index (χ2v) is 7.05. The van der Waals surface area contributed by atoms with Crippen molar-refractivity contribution in [2.24, 2.45) is 11.3 Å². The molecular formula is C15H20F3N5O. The van der Waals surface area contributed by atoms with Crippen LogP contribution >= 0.6 is 0 Å². The SMILES string of the molecule is O=C(N1CCn2c(nnc2C(F)(F)F)C1)[C@@]12CCCC[C@H]1CNC2. The Morgan fingerprint density at radius 2 is 2.08 bits per heavy atom. The molecule has 24 heavy (non-hydrogen) atoms. The van der Waals surface area contributed by atoms with Crippen molar-refractivity contribution in [2.45, 2.75) is 44.9 Å². The van der Waals surface area contributed by atoms with Crippen LogP contribution in [0.4, 0.5) is 13.2 Å². The molecule has 1 N–H and O–H groups in total. The molecule has 9 heteroatoms. The topological polar surface area (TPSA) is 63.1 Å². The molecule has 0 spiro atoms. The first-order chi connectivity index (χ1) is 11.4. The Morgan fingerprint density at radius 1 is 1.25 bits per heavy atom. The molecule has 1 saturated heterocycles. The molecule has 1 saturated carbocycles. The van der Waals surface area contributed by atoms with Gasteiger partial charge in [-0.05, 0) is 25.3 Å². The van der Waals surface area contributed by atoms with E-state index in [9.17, 15) is 18.0 Å². The number of aromatic nitrogens is 3. The summed E-state index contributed by atoms with van der Waals surface area (Å²) in [7, 11) is 0. The minimum Gasteiger partial charge on any atom is -0.333 e. The van der Waals surface area contributed by atoms with Crippen LogP contribution in [0.25, 0.3) is 0 Å². The number of carbonyl (C=O) groups excluding carboxylic acids is 1. The van der Waals surface area contributed by atoms with Gasteiger partial charge in [-0.3, -0.25) is 4.79 Å². The standard InChI is InChI=1S/C15H20F3N5O/c16-15(17,18)12-21-20-11-8-22(5-6-23(11)12)13(24)14-4-2-1-3-10(14)7-19-9-14/h10,19H,1-9H2/t10-,14+/m0/s1. The third-order valence-electron chi connectivity index (χ3n) is 5.76. The van der Waals surface area contributed by atoms with Crippen LogP contribution in [-0.4, -0.2) is 45.2 Å². The van der Waals surface area contributed by atoms with E-state index in [1.54, 1.807) is 4.90 Å². The normalized spacial score (nSPS) is 30.1. The number of halogens is 3. The van der Waals surface area contributed by atoms with Gasteiger partial charge >= 0.3 is 6.18 Å². The van der Waals surface area contributed by atoms with E-state index in [1.165, 1.54) is 0 Å². The van der Waals surface area contributed by atoms with E-state index >= 15 is 0 Å². The van der Waals surface area contributed by atoms with E-state index in [0.29, 0.717) is 12.5 Å². The lowest BCUT2D eigenvalue weighted by Gasteiger charge is -2.41. The van der Waals surface area contributed by atoms with Crippen LogP contribution in [0.3, 0.4) is 0 Å². The zero-order valence-electron chi connectivity index (χ0n) is 13.3. The van der Waals surface area contributed by atoms with E-state index in [-0.39, 0.29) is 36.8 Å². The van der Waals surface area contributed by atoms with E-state index in [1.807, 2.05) is 0 Å². The summed E-state index contributed by atoms with van der Waals surface area (Å²) in [5.41, 5.74) is -0.382. The number of carbonyl (C=O) groups is 1. The summed E-state index contributed by atoms with van der Waals surface area (Å²) in [5.74, 6) is -0.346. The van der Waals surface area contributed by atoms with Gasteiger partial charge in [-0.25, -0.2) is 0 Å². The summed E-state index contributed by atoms with van der Waals surface area (Å²) in [6.45, 7) is 2.01. The highest BCUT2D eigenvalue weighted by molar-refractivity contribution is 5.84. The van der Waals surface area contributed by atoms with Crippen LogP contribution in [0.1, 0.15) is 37.3 Å². The Morgan fingerprint density at radius 3 is 2.88 bits per heavy atom. The van der Waals surface area contributed by atoms with E-state index < -0.39 is 12.0 Å². The summed E-state index contributed by atoms with van der Waals surface area (Å²) in [5, 5.41) is 10.3. The fourth-order valence-electron chi connectivity index (χ4n) is 4.52. The van der Waals surface area contributed by atoms with Gasteiger partial charge in [-0.2, -0.15) is 13.2 Å². The minimum absolute atomic E-state index is 0.0695. The molecule has 1 aromatic heterocycles. The van der Waals surface area contributed by atoms with Gasteiger partial charge in [0.05, 0.1) is 12.0 Å². The first-order valence-electron chi connectivity index (χ1n) is 8.41. The van der Waals surface area contributed by atoms with Crippen LogP contribution in [0.2, 0.25) is 0 Å². The molecule has 1 amide bonds. The van der Waals surface area contributed by atoms with E-state index in [2.05, 4.69) is 15.5 Å². The monoisotopic (exact) mass is 343 g/mol. The molecule has 0 unspecified atom stereocenters. The fourth-order valence-corrected chi connectivity index (χ4v) is 4.52. The number of hydrogen-bond donors (Lipinski definition) is 1. The molecule has 3 aliphatic rings. The van der Waals surface area contributed by atoms with Crippen molar-refractivity contribution >= 4 is 5.91 Å². The summed E-state index contributed by atoms with van der Waals surface area (Å²) in [6, 6.07) is 0. The molecule has 2 aliphatic heterocycles. The number of rotatable bonds is 1. The van der Waals surface area contributed by atoms with Crippen molar-refractivity contribution < 1.29 is 18.0 Å². The highest BCUT2D eigenvalue weighted by Crippen LogP contribution is 2.45. The van der Waals surface area contributed by atoms with Crippen molar-refractivity contribution in [3.63, 3.8) is 0 Å². The highest BCUT2D eigenvalue weighted by atomic mass is 19.4. The molecule has 1 aliphatic carbocycles. The largest absolute Gasteiger partial charge is 0.451 e. The smallest absolute Gasteiger partial charge is 0.333 e. The second kappa shape index (κ2) is 5.44. The molecule has 0 aromatic carbocycles. The molecule has 0 radical (unpaired) electrons. The average molecular weight is 343 g/mol. The summed E-state index contributed by atoms with van der Waals surface area (Å²) < 4.78 is 39.8. The molecule has 0 bridgehead atoms. The molecule has 2 atom stereocenters. The summed E-state index contributed by atoms with van der Waals surface area (Å²) in [6.07, 6.45) is -0.432. The maximum absolute atomic E-state index is 13.2. The van der Waals surface area contributed by atoms with Crippen molar-refractivity contribution in [3.8, 4) is 0 Å². The predicted octanol–water partition coefficient (Wildman–Crippen LogP) is 1.42. The lowest BCUT2D eigenvalue weighted by atomic mass is 9.67. The number of amides is 1. The maximum atomic E-state index is 13.2. The van der Waals surface area contributed by atoms with E-state index in [0.717, 1.165) is 36.8 Å². The lowest BCUT2D eigenvalue weighted by molar-refractivity contribution is -0.150. The third-order valence-corrected chi connectivity index (χ3v) is 5.76. The van der Waals surface area contributed by atoms with Gasteiger partial charge in [0, 0.05) is 19.6 Å². The van der Waals surface area contributed by atoms with Gasteiger partial charge in [0.25, 0.3) is 0 Å². The second-order valence-electron chi connectivity index (χ2n) is 7.05. The highest BCUT2D eigenvalue weighted by Gasteiger charge is 2.52. The van der Waals surface area contributed by atoms with Crippen LogP contribution in [0, 0.1) is 11.3 Å². The van der Waals surface area contributed by atoms with Crippen molar-refractivity contribution in [3.05, 3.63) is 11.6 Å². The number of nitrogens with one attached hydrogen (secondary N) is 1. The van der Waals surface area contributed by atoms with Crippen molar-refractivity contribution in [1.29, 1.82) is 0 Å². The van der Waals surface area contributed by atoms with Gasteiger partial charge in [0.1, 0.15) is 0 Å². The van der Waals surface area contributed by atoms with Crippen molar-refractivity contribution in [1.82, 2.24) is 25.0 Å². The van der Waals surface area contributed by atoms with Crippen LogP contribution in [0.15, 0.2) is 0 Å². The summed E-state index contributed by atoms with van der Waals surface area (Å²) in [4.78, 5) is 14.9. The first kappa shape index (κ1) is 15.9. The van der Waals surface area contributed by atoms with Gasteiger partial charge in [-0.15, -0.1) is 10.2 Å². The van der Waals surface area contributed by atoms with E-state index in [4.69, 9.17) is 0 Å². The summed E-state index contributed by atoms with van der Waals surface area (Å²) >= 11 is 0. The maximum Gasteiger partial charge on any atom is 0.451 e. The molecule has 6 nitrogen and oxygen atoms in total. The molecular weight excluding hydrogens is 323 g/mol. The van der Waals surface area contributed by atoms with Gasteiger partial charge in [0.15, 0.2) is 5.82 Å². The molecule has 3 heterocycles. The zero-order chi connectivity index (χ0) is 16.9. The fraction of sp³-hybridized carbons (Fsp3) is 0.800. The molecule has 4 rings (SSSR count). The Hall–Kier alpha value is -1.64. The Labute approximate surface area is 137 Å². The molecule has 132 valence electrons. The van der Waals surface area contributed by atoms with Crippen LogP contribution in [-0.2, 0) is 24.1 Å². The molecule has 2 fully saturated rings. The Balaban J connectivity index is 1.57. The van der Waals surface area contributed by atoms with Gasteiger partial charge in [0.2, 0.25) is 11.7 Å². The van der Waals surface area contributed by atoms with Crippen LogP contribution < -0.4 is 5.32 Å². The van der Waals surface area contributed by atoms with Crippen molar-refractivity contribution in [2.75, 3.05) is 19.6 Å². The number of nitrogens with zero attached hydrogens (tertiary/aromatic N) is 4. The number of hydrogen-bond acceptors (Lipinski definition) is 4. The van der Waals surface area contributed by atoms with Gasteiger partial charge < -0.3 is 14.8 Å². The lowest BCUT2D eigenvalue weighted by Crippen LogP contribution is -2.51. The Bertz CT molecular complexity index is 658.